The van der Waals surface area contributed by atoms with Gasteiger partial charge in [0.15, 0.2) is 0 Å². The summed E-state index contributed by atoms with van der Waals surface area (Å²) in [7, 11) is 0. The van der Waals surface area contributed by atoms with Crippen LogP contribution in [0, 0.1) is 0 Å². The van der Waals surface area contributed by atoms with E-state index in [4.69, 9.17) is 9.47 Å². The Morgan fingerprint density at radius 2 is 0.640 bits per heavy atom. The Bertz CT molecular complexity index is 761. The van der Waals surface area contributed by atoms with Gasteiger partial charge in [-0.05, 0) is 64.2 Å². The first kappa shape index (κ1) is 48.4. The van der Waals surface area contributed by atoms with E-state index in [1.165, 1.54) is 167 Å². The minimum atomic E-state index is -0.963. The standard InChI is InChI=1S/C45H84O5/c1-3-5-7-9-11-13-15-17-19-20-21-22-23-24-26-28-30-32-34-36-38-40-45(48)50-42-43(46)41-49-44(47)39-37-35-33-31-29-27-25-18-16-14-12-10-8-6-4-2/h14,16-17,19,43,46H,3-13,15,18,20-42H2,1-2H3/b16-14-,19-17-/t43-/m1/s1. The third kappa shape index (κ3) is 40.8. The maximum absolute atomic E-state index is 12.0. The third-order valence-electron chi connectivity index (χ3n) is 9.66. The number of aliphatic hydroxyl groups is 1. The SMILES string of the molecule is CCCCCC/C=C\CCCCCCCCCC(=O)OC[C@@H](O)COC(=O)CCCCCCCCCCCCC/C=C\CCCCCCCC. The van der Waals surface area contributed by atoms with Crippen LogP contribution in [0.2, 0.25) is 0 Å². The molecule has 0 heterocycles. The molecule has 0 saturated carbocycles. The van der Waals surface area contributed by atoms with E-state index in [-0.39, 0.29) is 25.2 Å². The molecule has 5 heteroatoms. The number of allylic oxidation sites excluding steroid dienone is 4. The molecule has 1 atom stereocenters. The highest BCUT2D eigenvalue weighted by atomic mass is 16.6. The van der Waals surface area contributed by atoms with E-state index in [9.17, 15) is 14.7 Å². The second-order valence-corrected chi connectivity index (χ2v) is 14.8. The van der Waals surface area contributed by atoms with E-state index in [1.807, 2.05) is 0 Å². The fraction of sp³-hybridized carbons (Fsp3) is 0.867. The molecule has 0 aromatic heterocycles. The number of aliphatic hydroxyl groups excluding tert-OH is 1. The molecule has 0 saturated heterocycles. The summed E-state index contributed by atoms with van der Waals surface area (Å²) < 4.78 is 10.4. The van der Waals surface area contributed by atoms with Gasteiger partial charge >= 0.3 is 11.9 Å². The van der Waals surface area contributed by atoms with Crippen molar-refractivity contribution in [2.24, 2.45) is 0 Å². The van der Waals surface area contributed by atoms with Crippen molar-refractivity contribution >= 4 is 11.9 Å². The molecule has 5 nitrogen and oxygen atoms in total. The number of unbranched alkanes of at least 4 members (excludes halogenated alkanes) is 28. The summed E-state index contributed by atoms with van der Waals surface area (Å²) in [6.07, 6.45) is 49.6. The van der Waals surface area contributed by atoms with E-state index in [1.54, 1.807) is 0 Å². The Balaban J connectivity index is 3.39. The van der Waals surface area contributed by atoms with Gasteiger partial charge < -0.3 is 14.6 Å². The van der Waals surface area contributed by atoms with Crippen LogP contribution in [-0.4, -0.2) is 36.4 Å². The summed E-state index contributed by atoms with van der Waals surface area (Å²) in [6, 6.07) is 0. The van der Waals surface area contributed by atoms with Gasteiger partial charge in [-0.2, -0.15) is 0 Å². The average Bonchev–Trinajstić information content (AvgIpc) is 3.12. The highest BCUT2D eigenvalue weighted by Gasteiger charge is 2.12. The van der Waals surface area contributed by atoms with Crippen molar-refractivity contribution in [3.05, 3.63) is 24.3 Å². The van der Waals surface area contributed by atoms with Crippen LogP contribution in [0.4, 0.5) is 0 Å². The summed E-state index contributed by atoms with van der Waals surface area (Å²) in [5.41, 5.74) is 0. The summed E-state index contributed by atoms with van der Waals surface area (Å²) in [5.74, 6) is -0.563. The zero-order valence-electron chi connectivity index (χ0n) is 33.4. The highest BCUT2D eigenvalue weighted by Crippen LogP contribution is 2.14. The monoisotopic (exact) mass is 705 g/mol. The quantitative estimate of drug-likeness (QED) is 0.0390. The number of ether oxygens (including phenoxy) is 2. The van der Waals surface area contributed by atoms with Crippen molar-refractivity contribution in [3.63, 3.8) is 0 Å². The van der Waals surface area contributed by atoms with Crippen LogP contribution in [0.25, 0.3) is 0 Å². The van der Waals surface area contributed by atoms with Crippen molar-refractivity contribution < 1.29 is 24.2 Å². The molecule has 0 spiro atoms. The predicted octanol–water partition coefficient (Wildman–Crippen LogP) is 13.8. The Hall–Kier alpha value is -1.62. The van der Waals surface area contributed by atoms with Crippen LogP contribution in [0.15, 0.2) is 24.3 Å². The van der Waals surface area contributed by atoms with Gasteiger partial charge in [0.25, 0.3) is 0 Å². The van der Waals surface area contributed by atoms with Gasteiger partial charge in [0.05, 0.1) is 0 Å². The van der Waals surface area contributed by atoms with Crippen molar-refractivity contribution in [3.8, 4) is 0 Å². The molecule has 0 aromatic carbocycles. The maximum Gasteiger partial charge on any atom is 0.305 e. The first-order valence-corrected chi connectivity index (χ1v) is 21.9. The third-order valence-corrected chi connectivity index (χ3v) is 9.66. The highest BCUT2D eigenvalue weighted by molar-refractivity contribution is 5.69. The molecule has 0 aromatic rings. The normalized spacial score (nSPS) is 12.3. The number of carbonyl (C=O) groups excluding carboxylic acids is 2. The van der Waals surface area contributed by atoms with Crippen LogP contribution in [0.5, 0.6) is 0 Å². The fourth-order valence-corrected chi connectivity index (χ4v) is 6.31. The van der Waals surface area contributed by atoms with Crippen molar-refractivity contribution in [2.75, 3.05) is 13.2 Å². The lowest BCUT2D eigenvalue weighted by Gasteiger charge is -2.12. The molecular weight excluding hydrogens is 620 g/mol. The Morgan fingerprint density at radius 1 is 0.400 bits per heavy atom. The lowest BCUT2D eigenvalue weighted by Crippen LogP contribution is -2.25. The van der Waals surface area contributed by atoms with Crippen LogP contribution in [0.1, 0.15) is 232 Å². The van der Waals surface area contributed by atoms with Gasteiger partial charge in [-0.25, -0.2) is 0 Å². The van der Waals surface area contributed by atoms with Crippen LogP contribution >= 0.6 is 0 Å². The second kappa shape index (κ2) is 41.8. The van der Waals surface area contributed by atoms with E-state index in [0.29, 0.717) is 12.8 Å². The van der Waals surface area contributed by atoms with Crippen molar-refractivity contribution in [1.82, 2.24) is 0 Å². The lowest BCUT2D eigenvalue weighted by atomic mass is 10.0. The first-order chi connectivity index (χ1) is 24.6. The van der Waals surface area contributed by atoms with Crippen molar-refractivity contribution in [2.45, 2.75) is 238 Å². The summed E-state index contributed by atoms with van der Waals surface area (Å²) in [4.78, 5) is 24.0. The number of hydrogen-bond acceptors (Lipinski definition) is 5. The molecule has 0 aliphatic heterocycles. The topological polar surface area (TPSA) is 72.8 Å². The molecule has 294 valence electrons. The molecule has 0 aliphatic carbocycles. The number of carbonyl (C=O) groups is 2. The summed E-state index contributed by atoms with van der Waals surface area (Å²) in [6.45, 7) is 4.30. The second-order valence-electron chi connectivity index (χ2n) is 14.8. The molecule has 0 radical (unpaired) electrons. The number of esters is 2. The van der Waals surface area contributed by atoms with Crippen molar-refractivity contribution in [1.29, 1.82) is 0 Å². The van der Waals surface area contributed by atoms with E-state index in [0.717, 1.165) is 38.5 Å². The first-order valence-electron chi connectivity index (χ1n) is 21.9. The zero-order valence-corrected chi connectivity index (χ0v) is 33.4. The smallest absolute Gasteiger partial charge is 0.305 e. The number of rotatable bonds is 40. The van der Waals surface area contributed by atoms with Gasteiger partial charge in [-0.15, -0.1) is 0 Å². The average molecular weight is 705 g/mol. The molecule has 0 rings (SSSR count). The minimum absolute atomic E-state index is 0.114. The maximum atomic E-state index is 12.0. The number of hydrogen-bond donors (Lipinski definition) is 1. The zero-order chi connectivity index (χ0) is 36.4. The molecule has 0 aliphatic rings. The summed E-state index contributed by atoms with van der Waals surface area (Å²) >= 11 is 0. The molecule has 1 N–H and O–H groups in total. The Labute approximate surface area is 311 Å². The molecule has 0 amide bonds. The van der Waals surface area contributed by atoms with Gasteiger partial charge in [0, 0.05) is 12.8 Å². The Kier molecular flexibility index (Phi) is 40.4. The van der Waals surface area contributed by atoms with E-state index < -0.39 is 6.10 Å². The molecule has 50 heavy (non-hydrogen) atoms. The van der Waals surface area contributed by atoms with Crippen LogP contribution in [-0.2, 0) is 19.1 Å². The largest absolute Gasteiger partial charge is 0.463 e. The minimum Gasteiger partial charge on any atom is -0.463 e. The van der Waals surface area contributed by atoms with Gasteiger partial charge in [-0.1, -0.05) is 179 Å². The molecule has 0 fully saturated rings. The van der Waals surface area contributed by atoms with Gasteiger partial charge in [-0.3, -0.25) is 9.59 Å². The lowest BCUT2D eigenvalue weighted by molar-refractivity contribution is -0.152. The van der Waals surface area contributed by atoms with Gasteiger partial charge in [0.2, 0.25) is 0 Å². The van der Waals surface area contributed by atoms with Crippen LogP contribution in [0.3, 0.4) is 0 Å². The summed E-state index contributed by atoms with van der Waals surface area (Å²) in [5, 5.41) is 10.0. The van der Waals surface area contributed by atoms with Gasteiger partial charge in [0.1, 0.15) is 19.3 Å². The van der Waals surface area contributed by atoms with E-state index >= 15 is 0 Å². The fourth-order valence-electron chi connectivity index (χ4n) is 6.31. The van der Waals surface area contributed by atoms with E-state index in [2.05, 4.69) is 38.2 Å². The Morgan fingerprint density at radius 3 is 0.940 bits per heavy atom. The predicted molar refractivity (Wildman–Crippen MR) is 215 cm³/mol. The molecule has 0 bridgehead atoms. The van der Waals surface area contributed by atoms with Crippen LogP contribution < -0.4 is 0 Å². The molecular formula is C45H84O5. The molecule has 0 unspecified atom stereocenters.